The lowest BCUT2D eigenvalue weighted by Gasteiger charge is -2.14. The smallest absolute Gasteiger partial charge is 0.265 e. The van der Waals surface area contributed by atoms with Gasteiger partial charge >= 0.3 is 0 Å². The van der Waals surface area contributed by atoms with Crippen LogP contribution in [-0.4, -0.2) is 31.0 Å². The molecule has 0 fully saturated rings. The van der Waals surface area contributed by atoms with Gasteiger partial charge in [0, 0.05) is 17.9 Å². The first-order valence-corrected chi connectivity index (χ1v) is 11.1. The van der Waals surface area contributed by atoms with Gasteiger partial charge in [-0.3, -0.25) is 14.2 Å². The number of para-hydroxylation sites is 1. The molecule has 0 saturated carbocycles. The molecule has 1 aliphatic heterocycles. The Bertz CT molecular complexity index is 1360. The minimum absolute atomic E-state index is 0.116. The van der Waals surface area contributed by atoms with E-state index >= 15 is 0 Å². The number of anilines is 1. The van der Waals surface area contributed by atoms with Gasteiger partial charge in [-0.1, -0.05) is 47.7 Å². The van der Waals surface area contributed by atoms with Crippen LogP contribution in [0, 0.1) is 13.8 Å². The van der Waals surface area contributed by atoms with Crippen LogP contribution in [0.3, 0.4) is 0 Å². The number of hydrogen-bond acceptors (Lipinski definition) is 5. The summed E-state index contributed by atoms with van der Waals surface area (Å²) in [7, 11) is 0. The molecule has 8 heteroatoms. The minimum atomic E-state index is -0.240. The molecule has 31 heavy (non-hydrogen) atoms. The number of fused-ring (bicyclic) bond motifs is 2. The van der Waals surface area contributed by atoms with E-state index in [0.29, 0.717) is 21.9 Å². The minimum Gasteiger partial charge on any atom is -0.326 e. The number of rotatable bonds is 4. The number of nitrogens with one attached hydrogen (secondary N) is 1. The number of carbonyl (C=O) groups excluding carboxylic acids is 1. The molecular formula is C23H21N5O2S. The van der Waals surface area contributed by atoms with Crippen molar-refractivity contribution in [2.75, 3.05) is 11.1 Å². The molecule has 0 aliphatic carbocycles. The van der Waals surface area contributed by atoms with E-state index in [1.807, 2.05) is 62.4 Å². The van der Waals surface area contributed by atoms with E-state index in [1.165, 1.54) is 11.8 Å². The van der Waals surface area contributed by atoms with Crippen molar-refractivity contribution in [3.8, 4) is 5.69 Å². The lowest BCUT2D eigenvalue weighted by Crippen LogP contribution is -2.27. The highest BCUT2D eigenvalue weighted by Crippen LogP contribution is 2.33. The average Bonchev–Trinajstić information content (AvgIpc) is 3.35. The Labute approximate surface area is 183 Å². The van der Waals surface area contributed by atoms with Crippen LogP contribution in [0.15, 0.2) is 64.7 Å². The quantitative estimate of drug-likeness (QED) is 0.496. The fourth-order valence-corrected chi connectivity index (χ4v) is 4.91. The molecule has 7 nitrogen and oxygen atoms in total. The van der Waals surface area contributed by atoms with Crippen molar-refractivity contribution >= 4 is 34.4 Å². The van der Waals surface area contributed by atoms with Crippen LogP contribution in [0.1, 0.15) is 23.6 Å². The second-order valence-electron chi connectivity index (χ2n) is 7.73. The van der Waals surface area contributed by atoms with Gasteiger partial charge < -0.3 is 5.32 Å². The Morgan fingerprint density at radius 1 is 1.16 bits per heavy atom. The van der Waals surface area contributed by atoms with Crippen molar-refractivity contribution in [1.82, 2.24) is 19.3 Å². The molecule has 0 radical (unpaired) electrons. The summed E-state index contributed by atoms with van der Waals surface area (Å²) in [6.07, 6.45) is 1.78. The largest absolute Gasteiger partial charge is 0.326 e. The number of aromatic nitrogens is 4. The maximum absolute atomic E-state index is 13.2. The van der Waals surface area contributed by atoms with Gasteiger partial charge in [0.25, 0.3) is 5.56 Å². The zero-order valence-corrected chi connectivity index (χ0v) is 18.0. The predicted octanol–water partition coefficient (Wildman–Crippen LogP) is 3.87. The molecule has 156 valence electrons. The number of benzene rings is 2. The number of carbonyl (C=O) groups is 1. The molecule has 1 unspecified atom stereocenters. The van der Waals surface area contributed by atoms with Gasteiger partial charge in [-0.2, -0.15) is 5.10 Å². The highest BCUT2D eigenvalue weighted by Gasteiger charge is 2.29. The first-order chi connectivity index (χ1) is 15.0. The summed E-state index contributed by atoms with van der Waals surface area (Å²) < 4.78 is 3.33. The Balaban J connectivity index is 1.45. The van der Waals surface area contributed by atoms with E-state index in [2.05, 4.69) is 10.4 Å². The van der Waals surface area contributed by atoms with Crippen molar-refractivity contribution in [3.63, 3.8) is 0 Å². The first kappa shape index (κ1) is 19.6. The summed E-state index contributed by atoms with van der Waals surface area (Å²) in [5.74, 6) is 0.517. The molecule has 1 amide bonds. The molecule has 3 heterocycles. The Hall–Kier alpha value is -3.39. The van der Waals surface area contributed by atoms with Gasteiger partial charge in [-0.15, -0.1) is 0 Å². The van der Waals surface area contributed by atoms with Crippen LogP contribution in [-0.2, 0) is 4.79 Å². The molecule has 2 aromatic heterocycles. The lowest BCUT2D eigenvalue weighted by atomic mass is 10.1. The maximum atomic E-state index is 13.2. The molecule has 1 atom stereocenters. The molecule has 1 aliphatic rings. The normalized spacial score (nSPS) is 15.2. The van der Waals surface area contributed by atoms with Crippen LogP contribution in [0.5, 0.6) is 0 Å². The van der Waals surface area contributed by atoms with Crippen molar-refractivity contribution < 1.29 is 4.79 Å². The van der Waals surface area contributed by atoms with E-state index in [0.717, 1.165) is 22.5 Å². The van der Waals surface area contributed by atoms with E-state index in [-0.39, 0.29) is 23.9 Å². The SMILES string of the molecule is Cc1ccc(-n2ncc3c(=O)n4c(nc32)SCC4CC(=O)Nc2ccccc2C)cc1. The number of nitrogens with zero attached hydrogens (tertiary/aromatic N) is 4. The summed E-state index contributed by atoms with van der Waals surface area (Å²) in [6.45, 7) is 3.97. The standard InChI is InChI=1S/C23H21N5O2S/c1-14-7-9-16(10-8-14)28-21-18(12-24-28)22(30)27-17(13-31-23(27)26-21)11-20(29)25-19-6-4-3-5-15(19)2/h3-10,12,17H,11,13H2,1-2H3,(H,25,29). The average molecular weight is 432 g/mol. The van der Waals surface area contributed by atoms with Crippen LogP contribution >= 0.6 is 11.8 Å². The molecule has 0 spiro atoms. The van der Waals surface area contributed by atoms with Crippen molar-refractivity contribution in [2.24, 2.45) is 0 Å². The van der Waals surface area contributed by atoms with E-state index in [4.69, 9.17) is 4.98 Å². The molecule has 5 rings (SSSR count). The summed E-state index contributed by atoms with van der Waals surface area (Å²) >= 11 is 1.50. The number of hydrogen-bond donors (Lipinski definition) is 1. The molecule has 4 aromatic rings. The second kappa shape index (κ2) is 7.70. The van der Waals surface area contributed by atoms with Crippen molar-refractivity contribution in [1.29, 1.82) is 0 Å². The molecule has 0 saturated heterocycles. The third-order valence-corrected chi connectivity index (χ3v) is 6.59. The van der Waals surface area contributed by atoms with E-state index in [1.54, 1.807) is 15.4 Å². The topological polar surface area (TPSA) is 81.8 Å². The Morgan fingerprint density at radius 3 is 2.71 bits per heavy atom. The Morgan fingerprint density at radius 2 is 1.94 bits per heavy atom. The van der Waals surface area contributed by atoms with Gasteiger partial charge in [-0.25, -0.2) is 9.67 Å². The molecule has 1 N–H and O–H groups in total. The highest BCUT2D eigenvalue weighted by molar-refractivity contribution is 7.99. The van der Waals surface area contributed by atoms with Gasteiger partial charge in [0.1, 0.15) is 5.39 Å². The third-order valence-electron chi connectivity index (χ3n) is 5.49. The zero-order chi connectivity index (χ0) is 21.5. The lowest BCUT2D eigenvalue weighted by molar-refractivity contribution is -0.116. The first-order valence-electron chi connectivity index (χ1n) is 10.1. The number of amides is 1. The van der Waals surface area contributed by atoms with Crippen LogP contribution < -0.4 is 10.9 Å². The Kier molecular flexibility index (Phi) is 4.86. The molecular weight excluding hydrogens is 410 g/mol. The van der Waals surface area contributed by atoms with E-state index < -0.39 is 0 Å². The maximum Gasteiger partial charge on any atom is 0.265 e. The fraction of sp³-hybridized carbons (Fsp3) is 0.217. The molecule has 0 bridgehead atoms. The second-order valence-corrected chi connectivity index (χ2v) is 8.72. The molecule has 2 aromatic carbocycles. The van der Waals surface area contributed by atoms with Gasteiger partial charge in [0.2, 0.25) is 5.91 Å². The van der Waals surface area contributed by atoms with Gasteiger partial charge in [0.05, 0.1) is 17.9 Å². The van der Waals surface area contributed by atoms with Crippen LogP contribution in [0.2, 0.25) is 0 Å². The van der Waals surface area contributed by atoms with E-state index in [9.17, 15) is 9.59 Å². The van der Waals surface area contributed by atoms with Crippen LogP contribution in [0.4, 0.5) is 5.69 Å². The van der Waals surface area contributed by atoms with Crippen LogP contribution in [0.25, 0.3) is 16.7 Å². The summed E-state index contributed by atoms with van der Waals surface area (Å²) in [5, 5.41) is 8.43. The van der Waals surface area contributed by atoms with Gasteiger partial charge in [0.15, 0.2) is 10.8 Å². The van der Waals surface area contributed by atoms with Crippen molar-refractivity contribution in [2.45, 2.75) is 31.5 Å². The zero-order valence-electron chi connectivity index (χ0n) is 17.2. The number of thioether (sulfide) groups is 1. The monoisotopic (exact) mass is 431 g/mol. The summed E-state index contributed by atoms with van der Waals surface area (Å²) in [4.78, 5) is 30.6. The van der Waals surface area contributed by atoms with Crippen molar-refractivity contribution in [3.05, 3.63) is 76.2 Å². The summed E-state index contributed by atoms with van der Waals surface area (Å²) in [6, 6.07) is 15.3. The predicted molar refractivity (Wildman–Crippen MR) is 122 cm³/mol. The highest BCUT2D eigenvalue weighted by atomic mass is 32.2. The van der Waals surface area contributed by atoms with Gasteiger partial charge in [-0.05, 0) is 37.6 Å². The summed E-state index contributed by atoms with van der Waals surface area (Å²) in [5.41, 5.74) is 4.18. The third kappa shape index (κ3) is 3.53. The fourth-order valence-electron chi connectivity index (χ4n) is 3.78. The number of aryl methyl sites for hydroxylation is 2.